The first-order valence-corrected chi connectivity index (χ1v) is 10.9. The molecule has 1 aliphatic rings. The van der Waals surface area contributed by atoms with Crippen molar-refractivity contribution in [3.8, 4) is 0 Å². The SMILES string of the molecule is CC1(C)OCC(COC(=O)CCCCc2sccc2C(=O)c2ccc(Cl)cc2)O1. The van der Waals surface area contributed by atoms with E-state index in [1.54, 1.807) is 35.6 Å². The number of ether oxygens (including phenoxy) is 3. The van der Waals surface area contributed by atoms with E-state index in [0.717, 1.165) is 23.3 Å². The van der Waals surface area contributed by atoms with E-state index in [4.69, 9.17) is 25.8 Å². The van der Waals surface area contributed by atoms with Crippen molar-refractivity contribution in [3.05, 3.63) is 56.7 Å². The molecule has 3 rings (SSSR count). The Labute approximate surface area is 179 Å². The van der Waals surface area contributed by atoms with E-state index in [0.29, 0.717) is 30.0 Å². The molecule has 1 saturated heterocycles. The number of carbonyl (C=O) groups excluding carboxylic acids is 2. The minimum atomic E-state index is -0.612. The average Bonchev–Trinajstić information content (AvgIpc) is 3.29. The molecule has 0 amide bonds. The smallest absolute Gasteiger partial charge is 0.305 e. The molecule has 29 heavy (non-hydrogen) atoms. The van der Waals surface area contributed by atoms with Crippen LogP contribution in [-0.2, 0) is 25.4 Å². The normalized spacial score (nSPS) is 18.0. The number of ketones is 1. The van der Waals surface area contributed by atoms with E-state index in [1.165, 1.54) is 0 Å². The molecule has 0 radical (unpaired) electrons. The molecule has 5 nitrogen and oxygen atoms in total. The van der Waals surface area contributed by atoms with E-state index in [1.807, 2.05) is 25.3 Å². The maximum atomic E-state index is 12.7. The molecule has 0 N–H and O–H groups in total. The Hall–Kier alpha value is -1.73. The third-order valence-corrected chi connectivity index (χ3v) is 5.86. The number of halogens is 1. The van der Waals surface area contributed by atoms with Gasteiger partial charge in [0.25, 0.3) is 0 Å². The monoisotopic (exact) mass is 436 g/mol. The van der Waals surface area contributed by atoms with Crippen molar-refractivity contribution in [1.82, 2.24) is 0 Å². The van der Waals surface area contributed by atoms with Gasteiger partial charge in [-0.3, -0.25) is 9.59 Å². The number of unbranched alkanes of at least 4 members (excludes halogenated alkanes) is 1. The fourth-order valence-corrected chi connectivity index (χ4v) is 4.20. The van der Waals surface area contributed by atoms with Gasteiger partial charge in [-0.05, 0) is 68.8 Å². The summed E-state index contributed by atoms with van der Waals surface area (Å²) in [6, 6.07) is 8.77. The van der Waals surface area contributed by atoms with Crippen LogP contribution in [0.4, 0.5) is 0 Å². The lowest BCUT2D eigenvalue weighted by Crippen LogP contribution is -2.25. The van der Waals surface area contributed by atoms with E-state index < -0.39 is 5.79 Å². The van der Waals surface area contributed by atoms with Gasteiger partial charge in [-0.2, -0.15) is 0 Å². The first-order chi connectivity index (χ1) is 13.8. The highest BCUT2D eigenvalue weighted by molar-refractivity contribution is 7.10. The van der Waals surface area contributed by atoms with Gasteiger partial charge in [0.1, 0.15) is 12.7 Å². The summed E-state index contributed by atoms with van der Waals surface area (Å²) in [5.74, 6) is -0.847. The first-order valence-electron chi connectivity index (χ1n) is 9.68. The number of carbonyl (C=O) groups is 2. The van der Waals surface area contributed by atoms with Crippen molar-refractivity contribution in [1.29, 1.82) is 0 Å². The predicted octanol–water partition coefficient (Wildman–Crippen LogP) is 5.04. The van der Waals surface area contributed by atoms with Gasteiger partial charge in [-0.15, -0.1) is 11.3 Å². The van der Waals surface area contributed by atoms with Crippen LogP contribution < -0.4 is 0 Å². The van der Waals surface area contributed by atoms with Crippen molar-refractivity contribution < 1.29 is 23.8 Å². The van der Waals surface area contributed by atoms with Crippen molar-refractivity contribution >= 4 is 34.7 Å². The predicted molar refractivity (Wildman–Crippen MR) is 113 cm³/mol. The molecule has 2 heterocycles. The van der Waals surface area contributed by atoms with Crippen LogP contribution >= 0.6 is 22.9 Å². The van der Waals surface area contributed by atoms with Gasteiger partial charge < -0.3 is 14.2 Å². The summed E-state index contributed by atoms with van der Waals surface area (Å²) >= 11 is 7.46. The summed E-state index contributed by atoms with van der Waals surface area (Å²) in [5, 5.41) is 2.53. The van der Waals surface area contributed by atoms with Crippen LogP contribution in [0, 0.1) is 0 Å². The van der Waals surface area contributed by atoms with Crippen molar-refractivity contribution in [2.75, 3.05) is 13.2 Å². The fourth-order valence-electron chi connectivity index (χ4n) is 3.15. The maximum absolute atomic E-state index is 12.7. The molecule has 0 bridgehead atoms. The zero-order valence-corrected chi connectivity index (χ0v) is 18.2. The Kier molecular flexibility index (Phi) is 7.46. The van der Waals surface area contributed by atoms with Gasteiger partial charge in [0.2, 0.25) is 0 Å². The highest BCUT2D eigenvalue weighted by Crippen LogP contribution is 2.24. The molecule has 1 aliphatic heterocycles. The Bertz CT molecular complexity index is 843. The van der Waals surface area contributed by atoms with Crippen LogP contribution in [0.2, 0.25) is 5.02 Å². The lowest BCUT2D eigenvalue weighted by Gasteiger charge is -2.16. The van der Waals surface area contributed by atoms with Crippen LogP contribution in [0.15, 0.2) is 35.7 Å². The highest BCUT2D eigenvalue weighted by atomic mass is 35.5. The number of hydrogen-bond donors (Lipinski definition) is 0. The molecule has 1 atom stereocenters. The summed E-state index contributed by atoms with van der Waals surface area (Å²) in [4.78, 5) is 25.7. The van der Waals surface area contributed by atoms with Gasteiger partial charge in [-0.1, -0.05) is 11.6 Å². The second-order valence-corrected chi connectivity index (χ2v) is 8.87. The highest BCUT2D eigenvalue weighted by Gasteiger charge is 2.33. The van der Waals surface area contributed by atoms with Crippen molar-refractivity contribution in [2.24, 2.45) is 0 Å². The average molecular weight is 437 g/mol. The Morgan fingerprint density at radius 1 is 1.21 bits per heavy atom. The molecule has 2 aromatic rings. The Morgan fingerprint density at radius 2 is 1.97 bits per heavy atom. The van der Waals surface area contributed by atoms with Crippen molar-refractivity contribution in [2.45, 2.75) is 51.4 Å². The summed E-state index contributed by atoms with van der Waals surface area (Å²) in [6.07, 6.45) is 2.42. The molecule has 7 heteroatoms. The number of aryl methyl sites for hydroxylation is 1. The quantitative estimate of drug-likeness (QED) is 0.313. The van der Waals surface area contributed by atoms with Gasteiger partial charge in [0, 0.05) is 27.4 Å². The van der Waals surface area contributed by atoms with E-state index in [9.17, 15) is 9.59 Å². The largest absolute Gasteiger partial charge is 0.463 e. The van der Waals surface area contributed by atoms with Gasteiger partial charge in [0.15, 0.2) is 11.6 Å². The lowest BCUT2D eigenvalue weighted by atomic mass is 10.0. The molecular formula is C22H25ClO5S. The fraction of sp³-hybridized carbons (Fsp3) is 0.455. The molecule has 156 valence electrons. The third kappa shape index (κ3) is 6.37. The molecule has 0 saturated carbocycles. The van der Waals surface area contributed by atoms with Gasteiger partial charge in [0.05, 0.1) is 6.61 Å². The summed E-state index contributed by atoms with van der Waals surface area (Å²) in [5.41, 5.74) is 1.35. The molecular weight excluding hydrogens is 412 g/mol. The summed E-state index contributed by atoms with van der Waals surface area (Å²) in [7, 11) is 0. The summed E-state index contributed by atoms with van der Waals surface area (Å²) in [6.45, 7) is 4.33. The van der Waals surface area contributed by atoms with Gasteiger partial charge in [-0.25, -0.2) is 0 Å². The number of esters is 1. The molecule has 1 aromatic carbocycles. The Balaban J connectivity index is 1.40. The molecule has 1 fully saturated rings. The minimum Gasteiger partial charge on any atom is -0.463 e. The maximum Gasteiger partial charge on any atom is 0.305 e. The minimum absolute atomic E-state index is 0.000895. The molecule has 1 aromatic heterocycles. The second kappa shape index (κ2) is 9.85. The zero-order chi connectivity index (χ0) is 20.9. The van der Waals surface area contributed by atoms with E-state index >= 15 is 0 Å². The topological polar surface area (TPSA) is 61.8 Å². The zero-order valence-electron chi connectivity index (χ0n) is 16.6. The molecule has 0 spiro atoms. The van der Waals surface area contributed by atoms with E-state index in [2.05, 4.69) is 0 Å². The third-order valence-electron chi connectivity index (χ3n) is 4.63. The standard InChI is InChI=1S/C22H25ClO5S/c1-22(2)27-14-17(28-22)13-26-20(24)6-4-3-5-19-18(11-12-29-19)21(25)15-7-9-16(23)10-8-15/h7-12,17H,3-6,13-14H2,1-2H3. The number of hydrogen-bond acceptors (Lipinski definition) is 6. The van der Waals surface area contributed by atoms with Crippen molar-refractivity contribution in [3.63, 3.8) is 0 Å². The number of rotatable bonds is 9. The van der Waals surface area contributed by atoms with Crippen LogP contribution in [0.3, 0.4) is 0 Å². The molecule has 1 unspecified atom stereocenters. The Morgan fingerprint density at radius 3 is 2.66 bits per heavy atom. The molecule has 0 aliphatic carbocycles. The number of thiophene rings is 1. The first kappa shape index (κ1) is 22.0. The number of benzene rings is 1. The van der Waals surface area contributed by atoms with Crippen LogP contribution in [-0.4, -0.2) is 36.9 Å². The summed E-state index contributed by atoms with van der Waals surface area (Å²) < 4.78 is 16.3. The van der Waals surface area contributed by atoms with Crippen LogP contribution in [0.1, 0.15) is 53.9 Å². The van der Waals surface area contributed by atoms with E-state index in [-0.39, 0.29) is 24.5 Å². The van der Waals surface area contributed by atoms with Gasteiger partial charge >= 0.3 is 5.97 Å². The lowest BCUT2D eigenvalue weighted by molar-refractivity contribution is -0.158. The van der Waals surface area contributed by atoms with Crippen LogP contribution in [0.5, 0.6) is 0 Å². The second-order valence-electron chi connectivity index (χ2n) is 7.43. The van der Waals surface area contributed by atoms with Crippen LogP contribution in [0.25, 0.3) is 0 Å².